The molecule has 3 heterocycles. The molecule has 0 aromatic heterocycles. The number of carbonyl (C=O) groups excluding carboxylic acids is 3. The van der Waals surface area contributed by atoms with Crippen LogP contribution in [0.15, 0.2) is 73.8 Å². The number of amides is 2. The first-order valence-corrected chi connectivity index (χ1v) is 16.6. The van der Waals surface area contributed by atoms with Crippen molar-refractivity contribution in [3.63, 3.8) is 0 Å². The van der Waals surface area contributed by atoms with Gasteiger partial charge in [-0.05, 0) is 43.4 Å². The normalized spacial score (nSPS) is 28.0. The van der Waals surface area contributed by atoms with Crippen molar-refractivity contribution in [3.05, 3.63) is 90.0 Å². The molecule has 7 nitrogen and oxygen atoms in total. The zero-order valence-corrected chi connectivity index (χ0v) is 27.2. The van der Waals surface area contributed by atoms with Gasteiger partial charge < -0.3 is 19.6 Å². The molecule has 2 amide bonds. The highest BCUT2D eigenvalue weighted by atomic mass is 79.9. The highest BCUT2D eigenvalue weighted by Crippen LogP contribution is 2.68. The van der Waals surface area contributed by atoms with Crippen LogP contribution in [0.1, 0.15) is 36.4 Å². The highest BCUT2D eigenvalue weighted by Gasteiger charge is 2.77. The first kappa shape index (κ1) is 31.8. The molecule has 228 valence electrons. The summed E-state index contributed by atoms with van der Waals surface area (Å²) >= 11 is 12.0. The van der Waals surface area contributed by atoms with Crippen LogP contribution in [0.5, 0.6) is 0 Å². The fourth-order valence-electron chi connectivity index (χ4n) is 7.01. The largest absolute Gasteiger partial charge is 0.465 e. The van der Waals surface area contributed by atoms with Gasteiger partial charge in [-0.25, -0.2) is 0 Å². The number of thioether (sulfide) groups is 1. The van der Waals surface area contributed by atoms with Crippen molar-refractivity contribution >= 4 is 62.8 Å². The Balaban J connectivity index is 1.63. The van der Waals surface area contributed by atoms with Gasteiger partial charge in [-0.15, -0.1) is 24.9 Å². The Hall–Kier alpha value is -2.59. The van der Waals surface area contributed by atoms with Crippen molar-refractivity contribution in [1.82, 2.24) is 4.90 Å². The topological polar surface area (TPSA) is 87.2 Å². The Morgan fingerprint density at radius 1 is 1.23 bits per heavy atom. The number of unbranched alkanes of at least 4 members (excludes halogenated alkanes) is 1. The van der Waals surface area contributed by atoms with Crippen LogP contribution in [0, 0.1) is 18.8 Å². The van der Waals surface area contributed by atoms with E-state index in [2.05, 4.69) is 29.1 Å². The second kappa shape index (κ2) is 13.2. The maximum atomic E-state index is 15.0. The number of aryl methyl sites for hydroxylation is 1. The molecule has 0 radical (unpaired) electrons. The van der Waals surface area contributed by atoms with Crippen LogP contribution in [-0.4, -0.2) is 68.4 Å². The number of fused-ring (bicyclic) bond motifs is 1. The van der Waals surface area contributed by atoms with Crippen molar-refractivity contribution in [3.8, 4) is 0 Å². The van der Waals surface area contributed by atoms with Gasteiger partial charge in [0.05, 0.1) is 46.5 Å². The first-order chi connectivity index (χ1) is 20.7. The molecular weight excluding hydrogens is 652 g/mol. The number of nitrogens with zero attached hydrogens (tertiary/aromatic N) is 2. The van der Waals surface area contributed by atoms with Crippen molar-refractivity contribution in [2.24, 2.45) is 11.8 Å². The van der Waals surface area contributed by atoms with E-state index in [0.717, 1.165) is 5.56 Å². The Bertz CT molecular complexity index is 1390. The summed E-state index contributed by atoms with van der Waals surface area (Å²) in [7, 11) is 0. The molecule has 1 spiro atoms. The lowest BCUT2D eigenvalue weighted by Gasteiger charge is -2.40. The van der Waals surface area contributed by atoms with E-state index in [1.807, 2.05) is 49.4 Å². The molecule has 2 bridgehead atoms. The fraction of sp³-hybridized carbons (Fsp3) is 0.424. The first-order valence-electron chi connectivity index (χ1n) is 14.5. The number of halogens is 2. The van der Waals surface area contributed by atoms with Crippen LogP contribution in [0.25, 0.3) is 0 Å². The van der Waals surface area contributed by atoms with E-state index >= 15 is 0 Å². The second-order valence-corrected chi connectivity index (χ2v) is 14.4. The van der Waals surface area contributed by atoms with Crippen molar-refractivity contribution in [1.29, 1.82) is 0 Å². The Labute approximate surface area is 270 Å². The second-order valence-electron chi connectivity index (χ2n) is 11.3. The minimum absolute atomic E-state index is 0.110. The summed E-state index contributed by atoms with van der Waals surface area (Å²) in [6, 6.07) is 12.9. The third-order valence-electron chi connectivity index (χ3n) is 8.76. The molecule has 3 unspecified atom stereocenters. The predicted molar refractivity (Wildman–Crippen MR) is 174 cm³/mol. The van der Waals surface area contributed by atoms with Gasteiger partial charge >= 0.3 is 5.97 Å². The molecule has 1 N–H and O–H groups in total. The fourth-order valence-corrected chi connectivity index (χ4v) is 10.9. The minimum atomic E-state index is -0.980. The predicted octanol–water partition coefficient (Wildman–Crippen LogP) is 5.88. The monoisotopic (exact) mass is 686 g/mol. The third-order valence-corrected chi connectivity index (χ3v) is 12.3. The van der Waals surface area contributed by atoms with Crippen LogP contribution in [-0.2, 0) is 19.1 Å². The molecule has 7 atom stereocenters. The number of hydrogen-bond acceptors (Lipinski definition) is 6. The lowest BCUT2D eigenvalue weighted by atomic mass is 9.71. The molecule has 43 heavy (non-hydrogen) atoms. The smallest absolute Gasteiger partial charge is 0.310 e. The lowest BCUT2D eigenvalue weighted by Crippen LogP contribution is -2.56. The van der Waals surface area contributed by atoms with Gasteiger partial charge in [0, 0.05) is 16.6 Å². The summed E-state index contributed by atoms with van der Waals surface area (Å²) in [4.78, 5) is 46.3. The number of para-hydroxylation sites is 1. The van der Waals surface area contributed by atoms with Gasteiger partial charge in [-0.3, -0.25) is 14.4 Å². The van der Waals surface area contributed by atoms with Crippen molar-refractivity contribution < 1.29 is 24.2 Å². The van der Waals surface area contributed by atoms with Crippen LogP contribution in [0.4, 0.5) is 5.69 Å². The van der Waals surface area contributed by atoms with Gasteiger partial charge in [0.2, 0.25) is 5.91 Å². The molecule has 3 aliphatic heterocycles. The number of rotatable bonds is 12. The quantitative estimate of drug-likeness (QED) is 0.130. The number of alkyl halides is 1. The number of carbonyl (C=O) groups is 3. The number of hydrogen-bond donors (Lipinski definition) is 1. The van der Waals surface area contributed by atoms with E-state index in [0.29, 0.717) is 35.5 Å². The van der Waals surface area contributed by atoms with Crippen molar-refractivity contribution in [2.45, 2.75) is 53.1 Å². The molecular formula is C33H36BrClN2O5S. The maximum absolute atomic E-state index is 15.0. The standard InChI is InChI=1S/C33H36BrClN2O5S/c1-4-6-10-17-42-32(41)25-26-30(39)37(24(19-38)21-13-8-7-9-14-21)29(33(26)18-22(34)28(25)43-33)31(40)36(16-5-2)27-20(3)12-11-15-23(27)35/h4-5,7-9,11-15,22,24-26,28-29,38H,1-2,6,10,16-19H2,3H3/t22?,24-,25-,26+,28-,29?,33?/m1/s1. The zero-order chi connectivity index (χ0) is 30.9. The number of benzene rings is 2. The van der Waals surface area contributed by atoms with Crippen LogP contribution in [0.2, 0.25) is 5.02 Å². The summed E-state index contributed by atoms with van der Waals surface area (Å²) in [5.74, 6) is -2.59. The third kappa shape index (κ3) is 5.47. The summed E-state index contributed by atoms with van der Waals surface area (Å²) < 4.78 is 4.78. The molecule has 5 rings (SSSR count). The number of esters is 1. The summed E-state index contributed by atoms with van der Waals surface area (Å²) in [5, 5.41) is 10.9. The van der Waals surface area contributed by atoms with E-state index in [-0.39, 0.29) is 35.0 Å². The number of likely N-dealkylation sites (tertiary alicyclic amines) is 1. The summed E-state index contributed by atoms with van der Waals surface area (Å²) in [6.45, 7) is 9.50. The van der Waals surface area contributed by atoms with E-state index in [1.54, 1.807) is 23.1 Å². The lowest BCUT2D eigenvalue weighted by molar-refractivity contribution is -0.154. The van der Waals surface area contributed by atoms with Crippen LogP contribution >= 0.6 is 39.3 Å². The number of allylic oxidation sites excluding steroid dienone is 1. The SMILES string of the molecule is C=CCCCOC(=O)[C@H]1[C@@H]2SC3(CC2Br)C(C(=O)N(CC=C)c2c(C)cccc2Cl)N([C@H](CO)c2ccccc2)C(=O)[C@H]13. The Kier molecular flexibility index (Phi) is 9.76. The molecule has 10 heteroatoms. The minimum Gasteiger partial charge on any atom is -0.465 e. The maximum Gasteiger partial charge on any atom is 0.310 e. The molecule has 0 saturated carbocycles. The molecule has 3 fully saturated rings. The molecule has 3 saturated heterocycles. The van der Waals surface area contributed by atoms with E-state index in [4.69, 9.17) is 16.3 Å². The average Bonchev–Trinajstić information content (AvgIpc) is 3.59. The highest BCUT2D eigenvalue weighted by molar-refractivity contribution is 9.09. The van der Waals surface area contributed by atoms with Gasteiger partial charge in [0.25, 0.3) is 5.91 Å². The summed E-state index contributed by atoms with van der Waals surface area (Å²) in [5.41, 5.74) is 2.06. The molecule has 2 aromatic carbocycles. The van der Waals surface area contributed by atoms with Gasteiger partial charge in [0.1, 0.15) is 6.04 Å². The average molecular weight is 688 g/mol. The molecule has 0 aliphatic carbocycles. The van der Waals surface area contributed by atoms with Gasteiger partial charge in [0.15, 0.2) is 0 Å². The summed E-state index contributed by atoms with van der Waals surface area (Å²) in [6.07, 6.45) is 5.26. The van der Waals surface area contributed by atoms with Gasteiger partial charge in [-0.1, -0.05) is 82.1 Å². The van der Waals surface area contributed by atoms with E-state index < -0.39 is 41.2 Å². The zero-order valence-electron chi connectivity index (χ0n) is 24.0. The number of anilines is 1. The Morgan fingerprint density at radius 3 is 2.63 bits per heavy atom. The Morgan fingerprint density at radius 2 is 1.98 bits per heavy atom. The van der Waals surface area contributed by atoms with E-state index in [9.17, 15) is 19.5 Å². The van der Waals surface area contributed by atoms with E-state index in [1.165, 1.54) is 16.7 Å². The number of aliphatic hydroxyl groups is 1. The van der Waals surface area contributed by atoms with Crippen LogP contribution < -0.4 is 4.90 Å². The number of aliphatic hydroxyl groups excluding tert-OH is 1. The number of ether oxygens (including phenoxy) is 1. The van der Waals surface area contributed by atoms with Crippen LogP contribution in [0.3, 0.4) is 0 Å². The molecule has 2 aromatic rings. The van der Waals surface area contributed by atoms with Gasteiger partial charge in [-0.2, -0.15) is 0 Å². The van der Waals surface area contributed by atoms with Crippen molar-refractivity contribution in [2.75, 3.05) is 24.7 Å². The molecule has 3 aliphatic rings.